The standard InChI is InChI=1S/C16H18BrNO2/c1-11(15-5-3-9-19-15)18-14-4-2-8-20-16-10-12(17)6-7-13(14)16/h3,5-7,9-11,14,18H,2,4,8H2,1H3/t11-,14?/m1/s1. The second-order valence-corrected chi connectivity index (χ2v) is 6.04. The number of halogens is 1. The quantitative estimate of drug-likeness (QED) is 0.889. The molecular weight excluding hydrogens is 318 g/mol. The minimum Gasteiger partial charge on any atom is -0.493 e. The van der Waals surface area contributed by atoms with E-state index in [0.29, 0.717) is 6.04 Å². The van der Waals surface area contributed by atoms with Crippen molar-refractivity contribution in [2.24, 2.45) is 0 Å². The summed E-state index contributed by atoms with van der Waals surface area (Å²) >= 11 is 3.50. The molecule has 1 aliphatic heterocycles. The van der Waals surface area contributed by atoms with Crippen molar-refractivity contribution < 1.29 is 9.15 Å². The van der Waals surface area contributed by atoms with Gasteiger partial charge < -0.3 is 14.5 Å². The maximum atomic E-state index is 5.84. The zero-order valence-electron chi connectivity index (χ0n) is 11.4. The minimum absolute atomic E-state index is 0.185. The van der Waals surface area contributed by atoms with Crippen LogP contribution >= 0.6 is 15.9 Å². The monoisotopic (exact) mass is 335 g/mol. The molecule has 4 heteroatoms. The Balaban J connectivity index is 1.83. The third-order valence-electron chi connectivity index (χ3n) is 3.67. The molecule has 0 saturated heterocycles. The molecule has 1 aromatic heterocycles. The van der Waals surface area contributed by atoms with Gasteiger partial charge in [-0.1, -0.05) is 22.0 Å². The molecule has 0 spiro atoms. The van der Waals surface area contributed by atoms with E-state index in [2.05, 4.69) is 40.3 Å². The van der Waals surface area contributed by atoms with Gasteiger partial charge in [0, 0.05) is 16.1 Å². The highest BCUT2D eigenvalue weighted by atomic mass is 79.9. The first-order valence-corrected chi connectivity index (χ1v) is 7.75. The third-order valence-corrected chi connectivity index (χ3v) is 4.16. The maximum Gasteiger partial charge on any atom is 0.125 e. The number of hydrogen-bond acceptors (Lipinski definition) is 3. The lowest BCUT2D eigenvalue weighted by Crippen LogP contribution is -2.24. The Morgan fingerprint density at radius 1 is 1.35 bits per heavy atom. The predicted octanol–water partition coefficient (Wildman–Crippen LogP) is 4.61. The normalized spacial score (nSPS) is 19.8. The van der Waals surface area contributed by atoms with Crippen molar-refractivity contribution in [3.8, 4) is 5.75 Å². The van der Waals surface area contributed by atoms with Crippen molar-refractivity contribution in [1.29, 1.82) is 0 Å². The van der Waals surface area contributed by atoms with Crippen molar-refractivity contribution in [1.82, 2.24) is 5.32 Å². The van der Waals surface area contributed by atoms with Gasteiger partial charge in [0.2, 0.25) is 0 Å². The molecule has 3 nitrogen and oxygen atoms in total. The first kappa shape index (κ1) is 13.7. The zero-order valence-corrected chi connectivity index (χ0v) is 13.0. The van der Waals surface area contributed by atoms with E-state index in [1.54, 1.807) is 6.26 Å². The number of ether oxygens (including phenoxy) is 1. The van der Waals surface area contributed by atoms with Crippen molar-refractivity contribution in [2.45, 2.75) is 31.8 Å². The van der Waals surface area contributed by atoms with Crippen molar-refractivity contribution in [2.75, 3.05) is 6.61 Å². The van der Waals surface area contributed by atoms with Crippen molar-refractivity contribution in [3.05, 3.63) is 52.4 Å². The molecule has 2 aromatic rings. The number of benzene rings is 1. The van der Waals surface area contributed by atoms with Crippen LogP contribution in [0.4, 0.5) is 0 Å². The number of fused-ring (bicyclic) bond motifs is 1. The zero-order chi connectivity index (χ0) is 13.9. The Labute approximate surface area is 127 Å². The summed E-state index contributed by atoms with van der Waals surface area (Å²) in [6.07, 6.45) is 3.84. The lowest BCUT2D eigenvalue weighted by atomic mass is 10.0. The van der Waals surface area contributed by atoms with Gasteiger partial charge in [0.25, 0.3) is 0 Å². The summed E-state index contributed by atoms with van der Waals surface area (Å²) in [7, 11) is 0. The molecule has 1 aliphatic rings. The first-order chi connectivity index (χ1) is 9.74. The van der Waals surface area contributed by atoms with E-state index >= 15 is 0 Å². The van der Waals surface area contributed by atoms with E-state index in [-0.39, 0.29) is 6.04 Å². The van der Waals surface area contributed by atoms with Crippen LogP contribution in [0.2, 0.25) is 0 Å². The van der Waals surface area contributed by atoms with Crippen LogP contribution in [-0.2, 0) is 0 Å². The van der Waals surface area contributed by atoms with Gasteiger partial charge in [-0.05, 0) is 44.0 Å². The van der Waals surface area contributed by atoms with Gasteiger partial charge in [-0.15, -0.1) is 0 Å². The average molecular weight is 336 g/mol. The lowest BCUT2D eigenvalue weighted by Gasteiger charge is -2.22. The van der Waals surface area contributed by atoms with Crippen LogP contribution in [0.1, 0.15) is 43.2 Å². The number of furan rings is 1. The molecule has 106 valence electrons. The van der Waals surface area contributed by atoms with Gasteiger partial charge in [0.1, 0.15) is 11.5 Å². The van der Waals surface area contributed by atoms with Crippen LogP contribution in [0.3, 0.4) is 0 Å². The first-order valence-electron chi connectivity index (χ1n) is 6.96. The van der Waals surface area contributed by atoms with Gasteiger partial charge in [0.15, 0.2) is 0 Å². The second kappa shape index (κ2) is 6.02. The average Bonchev–Trinajstić information content (AvgIpc) is 2.90. The summed E-state index contributed by atoms with van der Waals surface area (Å²) in [6.45, 7) is 2.90. The van der Waals surface area contributed by atoms with E-state index in [0.717, 1.165) is 35.4 Å². The molecule has 1 N–H and O–H groups in total. The largest absolute Gasteiger partial charge is 0.493 e. The highest BCUT2D eigenvalue weighted by molar-refractivity contribution is 9.10. The molecule has 2 heterocycles. The smallest absolute Gasteiger partial charge is 0.125 e. The Kier molecular flexibility index (Phi) is 4.13. The van der Waals surface area contributed by atoms with Gasteiger partial charge in [-0.2, -0.15) is 0 Å². The third kappa shape index (κ3) is 2.91. The molecule has 0 radical (unpaired) electrons. The van der Waals surface area contributed by atoms with E-state index in [1.807, 2.05) is 18.2 Å². The minimum atomic E-state index is 0.185. The van der Waals surface area contributed by atoms with Crippen LogP contribution in [0.15, 0.2) is 45.5 Å². The molecule has 0 aliphatic carbocycles. The van der Waals surface area contributed by atoms with Crippen molar-refractivity contribution >= 4 is 15.9 Å². The molecule has 0 amide bonds. The fourth-order valence-electron chi connectivity index (χ4n) is 2.64. The van der Waals surface area contributed by atoms with Crippen LogP contribution in [0, 0.1) is 0 Å². The Bertz CT molecular complexity index is 568. The van der Waals surface area contributed by atoms with E-state index in [1.165, 1.54) is 5.56 Å². The Morgan fingerprint density at radius 2 is 2.25 bits per heavy atom. The second-order valence-electron chi connectivity index (χ2n) is 5.13. The molecule has 2 atom stereocenters. The molecular formula is C16H18BrNO2. The van der Waals surface area contributed by atoms with Crippen LogP contribution in [0.5, 0.6) is 5.75 Å². The van der Waals surface area contributed by atoms with Gasteiger partial charge in [0.05, 0.1) is 18.9 Å². The van der Waals surface area contributed by atoms with Gasteiger partial charge in [-0.3, -0.25) is 0 Å². The number of nitrogens with one attached hydrogen (secondary N) is 1. The fourth-order valence-corrected chi connectivity index (χ4v) is 2.98. The molecule has 1 aromatic carbocycles. The topological polar surface area (TPSA) is 34.4 Å². The molecule has 1 unspecified atom stereocenters. The summed E-state index contributed by atoms with van der Waals surface area (Å²) in [5.74, 6) is 1.94. The van der Waals surface area contributed by atoms with E-state index in [4.69, 9.17) is 9.15 Å². The van der Waals surface area contributed by atoms with Crippen molar-refractivity contribution in [3.63, 3.8) is 0 Å². The molecule has 0 saturated carbocycles. The Morgan fingerprint density at radius 3 is 3.05 bits per heavy atom. The van der Waals surface area contributed by atoms with Gasteiger partial charge >= 0.3 is 0 Å². The maximum absolute atomic E-state index is 5.84. The molecule has 0 bridgehead atoms. The van der Waals surface area contributed by atoms with E-state index in [9.17, 15) is 0 Å². The highest BCUT2D eigenvalue weighted by Gasteiger charge is 2.22. The summed E-state index contributed by atoms with van der Waals surface area (Å²) in [6, 6.07) is 10.7. The molecule has 0 fully saturated rings. The van der Waals surface area contributed by atoms with Crippen LogP contribution in [-0.4, -0.2) is 6.61 Å². The summed E-state index contributed by atoms with van der Waals surface area (Å²) in [4.78, 5) is 0. The van der Waals surface area contributed by atoms with E-state index < -0.39 is 0 Å². The SMILES string of the molecule is C[C@@H](NC1CCCOc2cc(Br)ccc21)c1ccco1. The summed E-state index contributed by atoms with van der Waals surface area (Å²) < 4.78 is 12.4. The van der Waals surface area contributed by atoms with Gasteiger partial charge in [-0.25, -0.2) is 0 Å². The number of hydrogen-bond donors (Lipinski definition) is 1. The van der Waals surface area contributed by atoms with Crippen LogP contribution in [0.25, 0.3) is 0 Å². The molecule has 3 rings (SSSR count). The lowest BCUT2D eigenvalue weighted by molar-refractivity contribution is 0.313. The number of rotatable bonds is 3. The summed E-state index contributed by atoms with van der Waals surface area (Å²) in [5, 5.41) is 3.65. The Hall–Kier alpha value is -1.26. The fraction of sp³-hybridized carbons (Fsp3) is 0.375. The van der Waals surface area contributed by atoms with Crippen LogP contribution < -0.4 is 10.1 Å². The summed E-state index contributed by atoms with van der Waals surface area (Å²) in [5.41, 5.74) is 1.23. The highest BCUT2D eigenvalue weighted by Crippen LogP contribution is 2.35. The predicted molar refractivity (Wildman–Crippen MR) is 81.9 cm³/mol. The molecule has 20 heavy (non-hydrogen) atoms.